The van der Waals surface area contributed by atoms with E-state index in [2.05, 4.69) is 16.8 Å². The van der Waals surface area contributed by atoms with Crippen LogP contribution in [0.5, 0.6) is 0 Å². The number of carbonyl (C=O) groups is 1. The summed E-state index contributed by atoms with van der Waals surface area (Å²) in [6, 6.07) is 5.64. The molecule has 2 aromatic rings. The number of hydrogen-bond acceptors (Lipinski definition) is 4. The van der Waals surface area contributed by atoms with Crippen LogP contribution in [0.3, 0.4) is 0 Å². The molecule has 0 saturated carbocycles. The summed E-state index contributed by atoms with van der Waals surface area (Å²) in [5, 5.41) is 0. The van der Waals surface area contributed by atoms with E-state index in [0.29, 0.717) is 11.6 Å². The Labute approximate surface area is 130 Å². The summed E-state index contributed by atoms with van der Waals surface area (Å²) in [5.74, 6) is 1.29. The van der Waals surface area contributed by atoms with Crippen LogP contribution in [0.2, 0.25) is 0 Å². The lowest BCUT2D eigenvalue weighted by atomic mass is 9.93. The third kappa shape index (κ3) is 2.86. The molecule has 0 aromatic carbocycles. The molecule has 1 saturated heterocycles. The van der Waals surface area contributed by atoms with Crippen LogP contribution in [-0.2, 0) is 11.2 Å². The molecule has 0 unspecified atom stereocenters. The summed E-state index contributed by atoms with van der Waals surface area (Å²) in [6.45, 7) is 5.67. The zero-order valence-electron chi connectivity index (χ0n) is 13.3. The molecular formula is C17H23N3O2. The van der Waals surface area contributed by atoms with Crippen LogP contribution < -0.4 is 0 Å². The van der Waals surface area contributed by atoms with Gasteiger partial charge in [-0.1, -0.05) is 13.0 Å². The Hall–Kier alpha value is -1.88. The Kier molecular flexibility index (Phi) is 4.43. The van der Waals surface area contributed by atoms with Crippen LogP contribution in [0.4, 0.5) is 0 Å². The number of imidazole rings is 1. The molecule has 0 spiro atoms. The highest BCUT2D eigenvalue weighted by Crippen LogP contribution is 2.22. The predicted octanol–water partition coefficient (Wildman–Crippen LogP) is 2.40. The minimum atomic E-state index is -0.314. The average Bonchev–Trinajstić information content (AvgIpc) is 2.98. The van der Waals surface area contributed by atoms with Crippen molar-refractivity contribution >= 4 is 11.5 Å². The quantitative estimate of drug-likeness (QED) is 0.814. The van der Waals surface area contributed by atoms with E-state index in [-0.39, 0.29) is 5.97 Å². The highest BCUT2D eigenvalue weighted by molar-refractivity contribution is 5.88. The van der Waals surface area contributed by atoms with Crippen molar-refractivity contribution in [2.24, 2.45) is 5.92 Å². The van der Waals surface area contributed by atoms with E-state index in [9.17, 15) is 4.79 Å². The maximum Gasteiger partial charge on any atom is 0.355 e. The van der Waals surface area contributed by atoms with Gasteiger partial charge in [-0.05, 0) is 50.5 Å². The van der Waals surface area contributed by atoms with Crippen molar-refractivity contribution in [1.82, 2.24) is 14.3 Å². The molecule has 1 aliphatic rings. The van der Waals surface area contributed by atoms with E-state index < -0.39 is 0 Å². The van der Waals surface area contributed by atoms with Crippen molar-refractivity contribution in [3.05, 3.63) is 35.9 Å². The molecule has 0 atom stereocenters. The molecule has 5 heteroatoms. The topological polar surface area (TPSA) is 46.8 Å². The van der Waals surface area contributed by atoms with Gasteiger partial charge in [-0.3, -0.25) is 4.40 Å². The minimum Gasteiger partial charge on any atom is -0.464 e. The fraction of sp³-hybridized carbons (Fsp3) is 0.529. The van der Waals surface area contributed by atoms with Crippen molar-refractivity contribution in [2.45, 2.75) is 26.2 Å². The van der Waals surface area contributed by atoms with Gasteiger partial charge in [-0.15, -0.1) is 0 Å². The summed E-state index contributed by atoms with van der Waals surface area (Å²) in [6.07, 6.45) is 5.15. The summed E-state index contributed by atoms with van der Waals surface area (Å²) in [5.41, 5.74) is 1.50. The molecule has 118 valence electrons. The maximum atomic E-state index is 12.0. The Bertz CT molecular complexity index is 657. The van der Waals surface area contributed by atoms with E-state index in [1.807, 2.05) is 22.7 Å². The van der Waals surface area contributed by atoms with Crippen LogP contribution in [0.1, 0.15) is 36.1 Å². The van der Waals surface area contributed by atoms with Gasteiger partial charge in [-0.2, -0.15) is 0 Å². The van der Waals surface area contributed by atoms with Gasteiger partial charge in [-0.25, -0.2) is 9.78 Å². The van der Waals surface area contributed by atoms with Gasteiger partial charge in [0, 0.05) is 6.42 Å². The first-order valence-corrected chi connectivity index (χ1v) is 7.99. The van der Waals surface area contributed by atoms with Gasteiger partial charge in [0.05, 0.1) is 18.8 Å². The first-order valence-electron chi connectivity index (χ1n) is 7.99. The fourth-order valence-corrected chi connectivity index (χ4v) is 3.29. The molecule has 1 fully saturated rings. The van der Waals surface area contributed by atoms with E-state index >= 15 is 0 Å². The number of likely N-dealkylation sites (tertiary alicyclic amines) is 1. The van der Waals surface area contributed by atoms with Gasteiger partial charge in [0.15, 0.2) is 0 Å². The predicted molar refractivity (Wildman–Crippen MR) is 85.1 cm³/mol. The normalized spacial score (nSPS) is 17.0. The van der Waals surface area contributed by atoms with Crippen LogP contribution in [-0.4, -0.2) is 47.0 Å². The minimum absolute atomic E-state index is 0.314. The first kappa shape index (κ1) is 15.0. The van der Waals surface area contributed by atoms with Crippen LogP contribution in [0, 0.1) is 5.92 Å². The zero-order chi connectivity index (χ0) is 15.5. The Morgan fingerprint density at radius 2 is 2.14 bits per heavy atom. The number of nitrogens with zero attached hydrogens (tertiary/aromatic N) is 3. The molecular weight excluding hydrogens is 278 g/mol. The number of ether oxygens (including phenoxy) is 1. The summed E-state index contributed by atoms with van der Waals surface area (Å²) < 4.78 is 6.84. The smallest absolute Gasteiger partial charge is 0.355 e. The maximum absolute atomic E-state index is 12.0. The van der Waals surface area contributed by atoms with Crippen molar-refractivity contribution in [2.75, 3.05) is 26.7 Å². The number of piperidine rings is 1. The summed E-state index contributed by atoms with van der Waals surface area (Å²) >= 11 is 0. The van der Waals surface area contributed by atoms with Crippen molar-refractivity contribution < 1.29 is 9.53 Å². The standard InChI is InChI=1S/C17H23N3O2/c1-3-19-9-7-13(8-10-19)11-16-18-12-14-5-4-6-15(20(14)16)17(21)22-2/h4-6,12-13H,3,7-11H2,1-2H3. The number of methoxy groups -OCH3 is 1. The van der Waals surface area contributed by atoms with Crippen LogP contribution >= 0.6 is 0 Å². The number of fused-ring (bicyclic) bond motifs is 1. The molecule has 2 aromatic heterocycles. The fourth-order valence-electron chi connectivity index (χ4n) is 3.29. The van der Waals surface area contributed by atoms with E-state index in [0.717, 1.165) is 37.4 Å². The lowest BCUT2D eigenvalue weighted by Crippen LogP contribution is -2.34. The average molecular weight is 301 g/mol. The number of rotatable bonds is 4. The van der Waals surface area contributed by atoms with Gasteiger partial charge in [0.2, 0.25) is 0 Å². The van der Waals surface area contributed by atoms with E-state index in [4.69, 9.17) is 4.74 Å². The third-order valence-corrected chi connectivity index (χ3v) is 4.64. The van der Waals surface area contributed by atoms with Crippen LogP contribution in [0.25, 0.3) is 5.52 Å². The lowest BCUT2D eigenvalue weighted by Gasteiger charge is -2.30. The lowest BCUT2D eigenvalue weighted by molar-refractivity contribution is 0.0591. The second kappa shape index (κ2) is 6.48. The molecule has 1 aliphatic heterocycles. The molecule has 0 bridgehead atoms. The zero-order valence-corrected chi connectivity index (χ0v) is 13.3. The molecule has 0 aliphatic carbocycles. The highest BCUT2D eigenvalue weighted by Gasteiger charge is 2.21. The SMILES string of the molecule is CCN1CCC(Cc2ncc3cccc(C(=O)OC)n23)CC1. The molecule has 0 amide bonds. The monoisotopic (exact) mass is 301 g/mol. The van der Waals surface area contributed by atoms with E-state index in [1.165, 1.54) is 20.0 Å². The highest BCUT2D eigenvalue weighted by atomic mass is 16.5. The number of carbonyl (C=O) groups excluding carboxylic acids is 1. The number of pyridine rings is 1. The van der Waals surface area contributed by atoms with Gasteiger partial charge < -0.3 is 9.64 Å². The Balaban J connectivity index is 1.84. The van der Waals surface area contributed by atoms with Gasteiger partial charge >= 0.3 is 5.97 Å². The van der Waals surface area contributed by atoms with Crippen molar-refractivity contribution in [3.63, 3.8) is 0 Å². The number of aromatic nitrogens is 2. The van der Waals surface area contributed by atoms with Gasteiger partial charge in [0.1, 0.15) is 11.5 Å². The molecule has 5 nitrogen and oxygen atoms in total. The summed E-state index contributed by atoms with van der Waals surface area (Å²) in [4.78, 5) is 19.0. The molecule has 22 heavy (non-hydrogen) atoms. The summed E-state index contributed by atoms with van der Waals surface area (Å²) in [7, 11) is 1.41. The van der Waals surface area contributed by atoms with Crippen molar-refractivity contribution in [1.29, 1.82) is 0 Å². The number of esters is 1. The second-order valence-corrected chi connectivity index (χ2v) is 5.92. The van der Waals surface area contributed by atoms with Crippen LogP contribution in [0.15, 0.2) is 24.4 Å². The van der Waals surface area contributed by atoms with E-state index in [1.54, 1.807) is 6.07 Å². The molecule has 3 heterocycles. The molecule has 0 N–H and O–H groups in total. The Morgan fingerprint density at radius 1 is 1.36 bits per heavy atom. The van der Waals surface area contributed by atoms with Gasteiger partial charge in [0.25, 0.3) is 0 Å². The second-order valence-electron chi connectivity index (χ2n) is 5.92. The molecule has 3 rings (SSSR count). The first-order chi connectivity index (χ1) is 10.7. The number of hydrogen-bond donors (Lipinski definition) is 0. The largest absolute Gasteiger partial charge is 0.464 e. The Morgan fingerprint density at radius 3 is 2.82 bits per heavy atom. The van der Waals surface area contributed by atoms with Crippen molar-refractivity contribution in [3.8, 4) is 0 Å². The third-order valence-electron chi connectivity index (χ3n) is 4.64. The molecule has 0 radical (unpaired) electrons.